The molecular weight excluding hydrogens is 217 g/mol. The summed E-state index contributed by atoms with van der Waals surface area (Å²) in [5.41, 5.74) is 0. The van der Waals surface area contributed by atoms with E-state index in [1.165, 1.54) is 11.4 Å². The summed E-state index contributed by atoms with van der Waals surface area (Å²) in [6.07, 6.45) is 1.62. The molecule has 1 atom stereocenters. The third kappa shape index (κ3) is 6.88. The molecular formula is C9H22NO2PS. The van der Waals surface area contributed by atoms with Gasteiger partial charge in [-0.3, -0.25) is 4.57 Å². The molecule has 0 spiro atoms. The van der Waals surface area contributed by atoms with E-state index in [1.54, 1.807) is 0 Å². The molecule has 0 radical (unpaired) electrons. The van der Waals surface area contributed by atoms with Gasteiger partial charge in [0.1, 0.15) is 0 Å². The fraction of sp³-hybridized carbons (Fsp3) is 1.00. The van der Waals surface area contributed by atoms with E-state index in [1.807, 2.05) is 27.9 Å². The molecule has 3 nitrogen and oxygen atoms in total. The molecule has 0 aliphatic carbocycles. The Morgan fingerprint density at radius 3 is 2.43 bits per heavy atom. The Kier molecular flexibility index (Phi) is 8.02. The van der Waals surface area contributed by atoms with Gasteiger partial charge in [-0.2, -0.15) is 0 Å². The van der Waals surface area contributed by atoms with E-state index < -0.39 is 6.57 Å². The van der Waals surface area contributed by atoms with Crippen molar-refractivity contribution in [1.29, 1.82) is 0 Å². The zero-order valence-electron chi connectivity index (χ0n) is 9.65. The van der Waals surface area contributed by atoms with Crippen molar-refractivity contribution >= 4 is 18.0 Å². The minimum absolute atomic E-state index is 0.548. The summed E-state index contributed by atoms with van der Waals surface area (Å²) in [5, 5.41) is 0. The first kappa shape index (κ1) is 14.5. The first-order valence-electron chi connectivity index (χ1n) is 5.07. The second-order valence-electron chi connectivity index (χ2n) is 3.39. The van der Waals surface area contributed by atoms with Crippen molar-refractivity contribution in [3.8, 4) is 0 Å². The Balaban J connectivity index is 3.90. The first-order valence-corrected chi connectivity index (χ1v) is 8.47. The highest BCUT2D eigenvalue weighted by Gasteiger charge is 2.21. The number of hydrogen-bond donors (Lipinski definition) is 0. The van der Waals surface area contributed by atoms with Crippen LogP contribution in [0.3, 0.4) is 0 Å². The van der Waals surface area contributed by atoms with Gasteiger partial charge in [0, 0.05) is 18.5 Å². The maximum atomic E-state index is 12.1. The zero-order chi connectivity index (χ0) is 11.0. The average molecular weight is 239 g/mol. The van der Waals surface area contributed by atoms with Crippen LogP contribution in [0.25, 0.3) is 0 Å². The van der Waals surface area contributed by atoms with Gasteiger partial charge in [-0.25, -0.2) is 0 Å². The largest absolute Gasteiger partial charge is 0.321 e. The number of hydrogen-bond acceptors (Lipinski definition) is 4. The Hall–Kier alpha value is 0.500. The molecule has 0 heterocycles. The minimum atomic E-state index is -2.39. The van der Waals surface area contributed by atoms with Gasteiger partial charge in [0.2, 0.25) is 0 Å². The highest BCUT2D eigenvalue weighted by molar-refractivity contribution is 8.56. The van der Waals surface area contributed by atoms with Crippen LogP contribution in [0.1, 0.15) is 20.3 Å². The van der Waals surface area contributed by atoms with E-state index in [-0.39, 0.29) is 0 Å². The molecule has 1 unspecified atom stereocenters. The predicted molar refractivity (Wildman–Crippen MR) is 65.4 cm³/mol. The van der Waals surface area contributed by atoms with Crippen molar-refractivity contribution in [2.24, 2.45) is 0 Å². The van der Waals surface area contributed by atoms with E-state index in [4.69, 9.17) is 4.52 Å². The monoisotopic (exact) mass is 239 g/mol. The highest BCUT2D eigenvalue weighted by Crippen LogP contribution is 2.59. The van der Waals surface area contributed by atoms with E-state index in [9.17, 15) is 4.57 Å². The smallest absolute Gasteiger partial charge is 0.257 e. The van der Waals surface area contributed by atoms with E-state index in [0.717, 1.165) is 18.7 Å². The van der Waals surface area contributed by atoms with Crippen molar-refractivity contribution in [1.82, 2.24) is 4.90 Å². The van der Waals surface area contributed by atoms with Crippen molar-refractivity contribution in [2.75, 3.05) is 39.2 Å². The molecule has 0 aliphatic rings. The lowest BCUT2D eigenvalue weighted by molar-refractivity contribution is 0.345. The van der Waals surface area contributed by atoms with Gasteiger partial charge in [-0.15, -0.1) is 0 Å². The lowest BCUT2D eigenvalue weighted by atomic mass is 10.6. The van der Waals surface area contributed by atoms with E-state index in [2.05, 4.69) is 4.90 Å². The van der Waals surface area contributed by atoms with E-state index >= 15 is 0 Å². The van der Waals surface area contributed by atoms with E-state index in [0.29, 0.717) is 12.8 Å². The fourth-order valence-corrected chi connectivity index (χ4v) is 5.55. The van der Waals surface area contributed by atoms with Gasteiger partial charge in [-0.05, 0) is 27.4 Å². The molecule has 0 aromatic heterocycles. The average Bonchev–Trinajstić information content (AvgIpc) is 2.03. The van der Waals surface area contributed by atoms with Gasteiger partial charge in [0.25, 0.3) is 6.57 Å². The van der Waals surface area contributed by atoms with Crippen LogP contribution >= 0.6 is 18.0 Å². The molecule has 0 aromatic carbocycles. The van der Waals surface area contributed by atoms with Crippen molar-refractivity contribution < 1.29 is 9.09 Å². The maximum absolute atomic E-state index is 12.1. The molecule has 0 bridgehead atoms. The Morgan fingerprint density at radius 1 is 1.36 bits per heavy atom. The Bertz CT molecular complexity index is 178. The second kappa shape index (κ2) is 7.75. The third-order valence-corrected chi connectivity index (χ3v) is 6.65. The number of rotatable bonds is 8. The van der Waals surface area contributed by atoms with Crippen LogP contribution in [0, 0.1) is 0 Å². The van der Waals surface area contributed by atoms with Crippen molar-refractivity contribution in [3.63, 3.8) is 0 Å². The molecule has 0 amide bonds. The molecule has 0 rings (SSSR count). The second-order valence-corrected chi connectivity index (χ2v) is 8.43. The molecule has 0 aliphatic heterocycles. The standard InChI is InChI=1S/C9H22NO2PS/c1-5-8-13(11,12-6-2)14-9-7-10(3)4/h5-9H2,1-4H3. The van der Waals surface area contributed by atoms with Crippen LogP contribution in [-0.2, 0) is 9.09 Å². The van der Waals surface area contributed by atoms with Crippen LogP contribution in [0.2, 0.25) is 0 Å². The third-order valence-electron chi connectivity index (χ3n) is 1.65. The fourth-order valence-electron chi connectivity index (χ4n) is 0.999. The highest BCUT2D eigenvalue weighted by atomic mass is 32.7. The molecule has 86 valence electrons. The summed E-state index contributed by atoms with van der Waals surface area (Å²) in [6, 6.07) is 0. The topological polar surface area (TPSA) is 29.5 Å². The molecule has 0 fully saturated rings. The quantitative estimate of drug-likeness (QED) is 0.609. The molecule has 0 saturated carbocycles. The SMILES string of the molecule is CCCP(=O)(OCC)SCCN(C)C. The van der Waals surface area contributed by atoms with Crippen LogP contribution in [-0.4, -0.2) is 44.1 Å². The van der Waals surface area contributed by atoms with Crippen LogP contribution < -0.4 is 0 Å². The molecule has 0 saturated heterocycles. The summed E-state index contributed by atoms with van der Waals surface area (Å²) in [7, 11) is 4.04. The molecule has 0 aromatic rings. The summed E-state index contributed by atoms with van der Waals surface area (Å²) in [5.74, 6) is 0.879. The molecule has 0 N–H and O–H groups in total. The van der Waals surface area contributed by atoms with Crippen molar-refractivity contribution in [3.05, 3.63) is 0 Å². The summed E-state index contributed by atoms with van der Waals surface area (Å²) >= 11 is 1.49. The van der Waals surface area contributed by atoms with Crippen molar-refractivity contribution in [2.45, 2.75) is 20.3 Å². The normalized spacial score (nSPS) is 15.8. The molecule has 14 heavy (non-hydrogen) atoms. The zero-order valence-corrected chi connectivity index (χ0v) is 11.4. The van der Waals surface area contributed by atoms with Crippen LogP contribution in [0.15, 0.2) is 0 Å². The Morgan fingerprint density at radius 2 is 2.00 bits per heavy atom. The lowest BCUT2D eigenvalue weighted by Crippen LogP contribution is -2.14. The predicted octanol–water partition coefficient (Wildman–Crippen LogP) is 2.92. The Labute approximate surface area is 91.8 Å². The summed E-state index contributed by atoms with van der Waals surface area (Å²) in [4.78, 5) is 2.09. The lowest BCUT2D eigenvalue weighted by Gasteiger charge is -2.17. The van der Waals surface area contributed by atoms with Gasteiger partial charge >= 0.3 is 0 Å². The summed E-state index contributed by atoms with van der Waals surface area (Å²) < 4.78 is 17.5. The van der Waals surface area contributed by atoms with Crippen LogP contribution in [0.5, 0.6) is 0 Å². The maximum Gasteiger partial charge on any atom is 0.257 e. The van der Waals surface area contributed by atoms with Crippen LogP contribution in [0.4, 0.5) is 0 Å². The van der Waals surface area contributed by atoms with Gasteiger partial charge < -0.3 is 9.42 Å². The van der Waals surface area contributed by atoms with Gasteiger partial charge in [-0.1, -0.05) is 18.3 Å². The molecule has 5 heteroatoms. The summed E-state index contributed by atoms with van der Waals surface area (Å²) in [6.45, 7) is 3.05. The number of nitrogens with zero attached hydrogens (tertiary/aromatic N) is 1. The minimum Gasteiger partial charge on any atom is -0.321 e. The first-order chi connectivity index (χ1) is 6.54. The van der Waals surface area contributed by atoms with Gasteiger partial charge in [0.15, 0.2) is 0 Å². The van der Waals surface area contributed by atoms with Gasteiger partial charge in [0.05, 0.1) is 6.61 Å².